The lowest BCUT2D eigenvalue weighted by Gasteiger charge is -2.17. The third kappa shape index (κ3) is 3.36. The molecule has 2 N–H and O–H groups in total. The number of nitrogen functional groups attached to an aromatic ring is 1. The third-order valence-electron chi connectivity index (χ3n) is 3.18. The van der Waals surface area contributed by atoms with Gasteiger partial charge in [0.15, 0.2) is 11.6 Å². The number of alkyl halides is 5. The van der Waals surface area contributed by atoms with E-state index in [1.807, 2.05) is 0 Å². The molecule has 0 radical (unpaired) electrons. The molecule has 0 atom stereocenters. The Balaban J connectivity index is 2.96. The maximum atomic E-state index is 14.2. The van der Waals surface area contributed by atoms with Gasteiger partial charge in [0, 0.05) is 13.2 Å². The molecular weight excluding hydrogens is 396 g/mol. The molecule has 0 aliphatic rings. The summed E-state index contributed by atoms with van der Waals surface area (Å²) in [6.45, 7) is -3.46. The first-order valence-corrected chi connectivity index (χ1v) is 6.86. The second kappa shape index (κ2) is 6.59. The van der Waals surface area contributed by atoms with Gasteiger partial charge < -0.3 is 15.0 Å². The summed E-state index contributed by atoms with van der Waals surface area (Å²) in [6, 6.07) is 0.372. The molecule has 2 aromatic rings. The van der Waals surface area contributed by atoms with Crippen LogP contribution in [0.25, 0.3) is 5.69 Å². The quantitative estimate of drug-likeness (QED) is 0.631. The molecule has 0 unspecified atom stereocenters. The van der Waals surface area contributed by atoms with E-state index in [4.69, 9.17) is 17.3 Å². The molecule has 0 amide bonds. The number of ether oxygens (including phenoxy) is 1. The van der Waals surface area contributed by atoms with E-state index < -0.39 is 57.6 Å². The van der Waals surface area contributed by atoms with Crippen molar-refractivity contribution in [1.82, 2.24) is 9.13 Å². The van der Waals surface area contributed by atoms with Gasteiger partial charge in [-0.15, -0.1) is 0 Å². The van der Waals surface area contributed by atoms with Crippen LogP contribution in [0.2, 0.25) is 5.02 Å². The molecule has 13 heteroatoms. The summed E-state index contributed by atoms with van der Waals surface area (Å²) < 4.78 is 82.2. The summed E-state index contributed by atoms with van der Waals surface area (Å²) in [5, 5.41) is -0.735. The van der Waals surface area contributed by atoms with Crippen LogP contribution in [0.1, 0.15) is 5.56 Å². The van der Waals surface area contributed by atoms with Crippen LogP contribution in [-0.4, -0.2) is 15.7 Å². The molecular formula is C13H8ClF6N3O3. The van der Waals surface area contributed by atoms with Gasteiger partial charge in [0.25, 0.3) is 5.56 Å². The van der Waals surface area contributed by atoms with E-state index in [0.29, 0.717) is 10.6 Å². The van der Waals surface area contributed by atoms with E-state index in [1.165, 1.54) is 0 Å². The molecule has 2 rings (SSSR count). The lowest BCUT2D eigenvalue weighted by Crippen LogP contribution is -2.42. The van der Waals surface area contributed by atoms with Crippen molar-refractivity contribution in [3.8, 4) is 11.4 Å². The number of benzene rings is 1. The number of rotatable bonds is 3. The summed E-state index contributed by atoms with van der Waals surface area (Å²) in [5.41, 5.74) is -1.95. The third-order valence-corrected chi connectivity index (χ3v) is 3.46. The highest BCUT2D eigenvalue weighted by Gasteiger charge is 2.37. The van der Waals surface area contributed by atoms with E-state index in [2.05, 4.69) is 4.74 Å². The van der Waals surface area contributed by atoms with Crippen LogP contribution in [-0.2, 0) is 13.2 Å². The zero-order chi connectivity index (χ0) is 20.0. The Hall–Kier alpha value is -2.63. The average molecular weight is 404 g/mol. The fraction of sp³-hybridized carbons (Fsp3) is 0.231. The Morgan fingerprint density at radius 1 is 1.27 bits per heavy atom. The van der Waals surface area contributed by atoms with Crippen molar-refractivity contribution in [1.29, 1.82) is 0 Å². The zero-order valence-electron chi connectivity index (χ0n) is 12.6. The summed E-state index contributed by atoms with van der Waals surface area (Å²) in [4.78, 5) is 24.2. The van der Waals surface area contributed by atoms with Crippen molar-refractivity contribution in [2.75, 3.05) is 5.73 Å². The van der Waals surface area contributed by atoms with Gasteiger partial charge in [0.1, 0.15) is 16.9 Å². The Bertz CT molecular complexity index is 983. The van der Waals surface area contributed by atoms with Gasteiger partial charge in [0.2, 0.25) is 0 Å². The highest BCUT2D eigenvalue weighted by Crippen LogP contribution is 2.38. The normalized spacial score (nSPS) is 11.9. The van der Waals surface area contributed by atoms with Gasteiger partial charge in [-0.1, -0.05) is 11.6 Å². The molecule has 1 aromatic carbocycles. The highest BCUT2D eigenvalue weighted by atomic mass is 35.5. The monoisotopic (exact) mass is 403 g/mol. The zero-order valence-corrected chi connectivity index (χ0v) is 13.3. The second-order valence-electron chi connectivity index (χ2n) is 4.88. The fourth-order valence-corrected chi connectivity index (χ4v) is 2.35. The fourth-order valence-electron chi connectivity index (χ4n) is 2.11. The summed E-state index contributed by atoms with van der Waals surface area (Å²) in [6.07, 6.45) is -4.97. The van der Waals surface area contributed by atoms with Crippen LogP contribution in [0.15, 0.2) is 21.9 Å². The number of anilines is 1. The average Bonchev–Trinajstić information content (AvgIpc) is 2.49. The SMILES string of the molecule is Cn1cc(C(F)(F)F)c(=O)n(-c2c(F)cc(Cl)c(OC(F)F)c2N)c1=O. The van der Waals surface area contributed by atoms with Gasteiger partial charge >= 0.3 is 18.5 Å². The Labute approximate surface area is 145 Å². The molecule has 26 heavy (non-hydrogen) atoms. The van der Waals surface area contributed by atoms with Gasteiger partial charge in [-0.25, -0.2) is 13.8 Å². The van der Waals surface area contributed by atoms with E-state index in [-0.39, 0.29) is 10.8 Å². The number of hydrogen-bond donors (Lipinski definition) is 1. The van der Waals surface area contributed by atoms with Crippen LogP contribution in [0.5, 0.6) is 5.75 Å². The molecule has 0 aliphatic carbocycles. The van der Waals surface area contributed by atoms with E-state index >= 15 is 0 Å². The van der Waals surface area contributed by atoms with E-state index in [0.717, 1.165) is 7.05 Å². The molecule has 1 aromatic heterocycles. The number of aromatic nitrogens is 2. The first-order valence-electron chi connectivity index (χ1n) is 6.48. The second-order valence-corrected chi connectivity index (χ2v) is 5.29. The molecule has 0 aliphatic heterocycles. The minimum absolute atomic E-state index is 0.210. The Kier molecular flexibility index (Phi) is 4.99. The van der Waals surface area contributed by atoms with Crippen molar-refractivity contribution in [3.63, 3.8) is 0 Å². The standard InChI is InChI=1S/C13H8ClF6N3O3/c1-22-3-4(13(18,19)20)10(24)23(12(22)25)8-6(15)2-5(14)9(7(8)21)26-11(16)17/h2-3,11H,21H2,1H3. The molecule has 0 fully saturated rings. The highest BCUT2D eigenvalue weighted by molar-refractivity contribution is 6.32. The van der Waals surface area contributed by atoms with Crippen LogP contribution in [0.3, 0.4) is 0 Å². The smallest absolute Gasteiger partial charge is 0.423 e. The molecule has 142 valence electrons. The van der Waals surface area contributed by atoms with Crippen LogP contribution >= 0.6 is 11.6 Å². The lowest BCUT2D eigenvalue weighted by atomic mass is 10.2. The van der Waals surface area contributed by atoms with Crippen LogP contribution in [0, 0.1) is 5.82 Å². The number of nitrogens with two attached hydrogens (primary N) is 1. The lowest BCUT2D eigenvalue weighted by molar-refractivity contribution is -0.139. The minimum atomic E-state index is -5.18. The molecule has 6 nitrogen and oxygen atoms in total. The van der Waals surface area contributed by atoms with Gasteiger partial charge in [-0.2, -0.15) is 22.0 Å². The number of nitrogens with zero attached hydrogens (tertiary/aromatic N) is 2. The maximum Gasteiger partial charge on any atom is 0.423 e. The molecule has 0 bridgehead atoms. The van der Waals surface area contributed by atoms with E-state index in [9.17, 15) is 35.9 Å². The molecule has 1 heterocycles. The number of hydrogen-bond acceptors (Lipinski definition) is 4. The van der Waals surface area contributed by atoms with Crippen molar-refractivity contribution in [3.05, 3.63) is 49.5 Å². The van der Waals surface area contributed by atoms with Crippen molar-refractivity contribution < 1.29 is 31.1 Å². The van der Waals surface area contributed by atoms with Crippen molar-refractivity contribution in [2.24, 2.45) is 7.05 Å². The van der Waals surface area contributed by atoms with Crippen LogP contribution in [0.4, 0.5) is 32.0 Å². The Morgan fingerprint density at radius 3 is 2.35 bits per heavy atom. The van der Waals surface area contributed by atoms with Gasteiger partial charge in [-0.3, -0.25) is 4.79 Å². The molecule has 0 saturated heterocycles. The van der Waals surface area contributed by atoms with E-state index in [1.54, 1.807) is 0 Å². The largest absolute Gasteiger partial charge is 0.431 e. The molecule has 0 spiro atoms. The summed E-state index contributed by atoms with van der Waals surface area (Å²) >= 11 is 5.52. The van der Waals surface area contributed by atoms with Crippen molar-refractivity contribution in [2.45, 2.75) is 12.8 Å². The maximum absolute atomic E-state index is 14.2. The van der Waals surface area contributed by atoms with Crippen molar-refractivity contribution >= 4 is 17.3 Å². The van der Waals surface area contributed by atoms with Gasteiger partial charge in [0.05, 0.1) is 5.02 Å². The topological polar surface area (TPSA) is 79.2 Å². The number of aryl methyl sites for hydroxylation is 1. The first kappa shape index (κ1) is 19.7. The summed E-state index contributed by atoms with van der Waals surface area (Å²) in [5.74, 6) is -2.49. The minimum Gasteiger partial charge on any atom is -0.431 e. The Morgan fingerprint density at radius 2 is 1.85 bits per heavy atom. The predicted octanol–water partition coefficient (Wildman–Crippen LogP) is 2.53. The predicted molar refractivity (Wildman–Crippen MR) is 78.3 cm³/mol. The molecule has 0 saturated carbocycles. The first-order chi connectivity index (χ1) is 11.9. The van der Waals surface area contributed by atoms with Crippen LogP contribution < -0.4 is 21.7 Å². The van der Waals surface area contributed by atoms with Gasteiger partial charge in [-0.05, 0) is 6.07 Å². The number of halogens is 7. The summed E-state index contributed by atoms with van der Waals surface area (Å²) in [7, 11) is 0.869.